The average Bonchev–Trinajstić information content (AvgIpc) is 3.66. The molecular formula is C40H69N3O6. The number of nitrogens with zero attached hydrogens (tertiary/aromatic N) is 2. The smallest absolute Gasteiger partial charge is 0.407 e. The minimum atomic E-state index is -1.03. The summed E-state index contributed by atoms with van der Waals surface area (Å²) in [6.45, 7) is 23.9. The van der Waals surface area contributed by atoms with Crippen LogP contribution in [0.4, 0.5) is 4.79 Å². The first kappa shape index (κ1) is 36.4. The highest BCUT2D eigenvalue weighted by Crippen LogP contribution is 2.89. The summed E-state index contributed by atoms with van der Waals surface area (Å²) < 4.78 is 19.3. The Morgan fingerprint density at radius 1 is 1.02 bits per heavy atom. The van der Waals surface area contributed by atoms with Crippen molar-refractivity contribution in [2.75, 3.05) is 52.9 Å². The Labute approximate surface area is 296 Å². The fourth-order valence-corrected chi connectivity index (χ4v) is 14.2. The number of aliphatic hydroxyl groups excluding tert-OH is 1. The molecule has 7 fully saturated rings. The quantitative estimate of drug-likeness (QED) is 0.315. The highest BCUT2D eigenvalue weighted by Gasteiger charge is 2.84. The molecule has 0 unspecified atom stereocenters. The fourth-order valence-electron chi connectivity index (χ4n) is 14.2. The van der Waals surface area contributed by atoms with Gasteiger partial charge in [0.1, 0.15) is 12.2 Å². The lowest BCUT2D eigenvalue weighted by Gasteiger charge is -2.63. The van der Waals surface area contributed by atoms with Crippen LogP contribution < -0.4 is 5.32 Å². The summed E-state index contributed by atoms with van der Waals surface area (Å²) in [4.78, 5) is 17.9. The van der Waals surface area contributed by atoms with Gasteiger partial charge >= 0.3 is 6.09 Å². The van der Waals surface area contributed by atoms with Crippen LogP contribution in [0.2, 0.25) is 0 Å². The largest absolute Gasteiger partial charge is 0.446 e. The number of hydrogen-bond acceptors (Lipinski definition) is 8. The van der Waals surface area contributed by atoms with E-state index in [1.165, 1.54) is 12.8 Å². The lowest BCUT2D eigenvalue weighted by Crippen LogP contribution is -2.60. The Balaban J connectivity index is 1.05. The van der Waals surface area contributed by atoms with Crippen LogP contribution in [0, 0.1) is 50.7 Å². The van der Waals surface area contributed by atoms with E-state index in [4.69, 9.17) is 14.2 Å². The molecule has 0 radical (unpaired) electrons. The Bertz CT molecular complexity index is 1250. The molecule has 9 nitrogen and oxygen atoms in total. The van der Waals surface area contributed by atoms with E-state index in [0.717, 1.165) is 71.2 Å². The molecule has 9 heteroatoms. The van der Waals surface area contributed by atoms with Crippen LogP contribution in [-0.2, 0) is 14.2 Å². The van der Waals surface area contributed by atoms with Gasteiger partial charge in [0.05, 0.1) is 23.9 Å². The number of piperazine rings is 1. The number of fused-ring (bicyclic) bond motifs is 4. The zero-order valence-corrected chi connectivity index (χ0v) is 32.2. The molecule has 5 aliphatic carbocycles. The molecule has 3 N–H and O–H groups in total. The first-order valence-corrected chi connectivity index (χ1v) is 20.0. The molecule has 0 bridgehead atoms. The summed E-state index contributed by atoms with van der Waals surface area (Å²) in [6.07, 6.45) is 6.93. The van der Waals surface area contributed by atoms with Crippen molar-refractivity contribution >= 4 is 6.09 Å². The van der Waals surface area contributed by atoms with Gasteiger partial charge in [0.25, 0.3) is 0 Å². The summed E-state index contributed by atoms with van der Waals surface area (Å²) in [6, 6.07) is 0. The van der Waals surface area contributed by atoms with Crippen molar-refractivity contribution in [1.29, 1.82) is 0 Å². The van der Waals surface area contributed by atoms with Gasteiger partial charge in [-0.05, 0) is 119 Å². The van der Waals surface area contributed by atoms with Gasteiger partial charge in [-0.3, -0.25) is 4.90 Å². The standard InChI is InChI=1S/C40H69N3O6/c1-10-47-33(36(5,6)46)26-23-25(2)30-31(48-26)32(44)38(8)28-12-11-27-35(3,4)29(13-14-39(27)24-40(28,39)16-15-37(30,38)7)49-34(45)41-17-18-43-21-19-42(9)20-22-43/h25-33,44,46H,10-24H2,1-9H3,(H,41,45)/t25-,26-,27+,28+,29+,30+,31+,32+,33+,37-,38-,39-,40+/m1/s1. The summed E-state index contributed by atoms with van der Waals surface area (Å²) in [5.41, 5.74) is -0.861. The molecule has 0 aromatic carbocycles. The van der Waals surface area contributed by atoms with Gasteiger partial charge in [-0.15, -0.1) is 0 Å². The Morgan fingerprint density at radius 3 is 2.37 bits per heavy atom. The van der Waals surface area contributed by atoms with E-state index in [0.29, 0.717) is 30.9 Å². The summed E-state index contributed by atoms with van der Waals surface area (Å²) in [5, 5.41) is 26.7. The number of carbonyl (C=O) groups excluding carboxylic acids is 1. The Morgan fingerprint density at radius 2 is 1.69 bits per heavy atom. The lowest BCUT2D eigenvalue weighted by atomic mass is 9.41. The zero-order valence-electron chi connectivity index (χ0n) is 32.2. The molecular weight excluding hydrogens is 618 g/mol. The third-order valence-electron chi connectivity index (χ3n) is 16.7. The second-order valence-electron chi connectivity index (χ2n) is 19.5. The number of nitrogens with one attached hydrogen (secondary N) is 1. The van der Waals surface area contributed by atoms with Crippen molar-refractivity contribution in [2.24, 2.45) is 50.7 Å². The number of likely N-dealkylation sites (N-methyl/N-ethyl adjacent to an activating group) is 1. The van der Waals surface area contributed by atoms with Crippen LogP contribution in [-0.4, -0.2) is 115 Å². The van der Waals surface area contributed by atoms with Gasteiger partial charge in [-0.1, -0.05) is 34.6 Å². The van der Waals surface area contributed by atoms with Gasteiger partial charge in [0.2, 0.25) is 0 Å². The molecule has 7 aliphatic rings. The minimum absolute atomic E-state index is 0.0120. The predicted octanol–water partition coefficient (Wildman–Crippen LogP) is 5.32. The molecule has 2 spiro atoms. The summed E-state index contributed by atoms with van der Waals surface area (Å²) >= 11 is 0. The van der Waals surface area contributed by atoms with Gasteiger partial charge in [-0.25, -0.2) is 4.79 Å². The molecule has 2 saturated heterocycles. The molecule has 2 aliphatic heterocycles. The number of aliphatic hydroxyl groups is 2. The van der Waals surface area contributed by atoms with Crippen LogP contribution in [0.3, 0.4) is 0 Å². The molecule has 1 amide bonds. The van der Waals surface area contributed by atoms with E-state index >= 15 is 0 Å². The van der Waals surface area contributed by atoms with Gasteiger partial charge in [0.15, 0.2) is 0 Å². The average molecular weight is 688 g/mol. The lowest BCUT2D eigenvalue weighted by molar-refractivity contribution is -0.215. The molecule has 2 heterocycles. The molecule has 0 aromatic rings. The molecule has 280 valence electrons. The van der Waals surface area contributed by atoms with Gasteiger partial charge in [0, 0.05) is 56.7 Å². The molecule has 49 heavy (non-hydrogen) atoms. The summed E-state index contributed by atoms with van der Waals surface area (Å²) in [7, 11) is 2.16. The van der Waals surface area contributed by atoms with E-state index in [1.807, 2.05) is 20.8 Å². The van der Waals surface area contributed by atoms with E-state index in [2.05, 4.69) is 56.8 Å². The van der Waals surface area contributed by atoms with Crippen molar-refractivity contribution in [2.45, 2.75) is 143 Å². The second-order valence-corrected chi connectivity index (χ2v) is 19.5. The molecule has 5 saturated carbocycles. The van der Waals surface area contributed by atoms with Crippen molar-refractivity contribution in [3.05, 3.63) is 0 Å². The van der Waals surface area contributed by atoms with Crippen LogP contribution in [0.5, 0.6) is 0 Å². The van der Waals surface area contributed by atoms with Crippen LogP contribution >= 0.6 is 0 Å². The number of carbonyl (C=O) groups is 1. The van der Waals surface area contributed by atoms with E-state index in [1.54, 1.807) is 0 Å². The molecule has 7 rings (SSSR count). The summed E-state index contributed by atoms with van der Waals surface area (Å²) in [5.74, 6) is 1.62. The van der Waals surface area contributed by atoms with E-state index in [-0.39, 0.29) is 57.4 Å². The van der Waals surface area contributed by atoms with Crippen molar-refractivity contribution in [1.82, 2.24) is 15.1 Å². The Hall–Kier alpha value is -0.970. The van der Waals surface area contributed by atoms with E-state index in [9.17, 15) is 15.0 Å². The first-order valence-electron chi connectivity index (χ1n) is 20.0. The first-order chi connectivity index (χ1) is 23.0. The maximum Gasteiger partial charge on any atom is 0.407 e. The highest BCUT2D eigenvalue weighted by atomic mass is 16.6. The molecule has 0 aromatic heterocycles. The topological polar surface area (TPSA) is 104 Å². The van der Waals surface area contributed by atoms with Gasteiger partial charge in [-0.2, -0.15) is 0 Å². The molecule has 13 atom stereocenters. The number of alkyl carbamates (subject to hydrolysis) is 1. The van der Waals surface area contributed by atoms with Crippen LogP contribution in [0.15, 0.2) is 0 Å². The SMILES string of the molecule is CCO[C@@H]([C@H]1C[C@@H](C)[C@H]2[C@H](O1)[C@H](O)[C@@]1(C)[C@@H]3CC[C@H]4C(C)(C)[C@@H](OC(=O)NCCN5CCN(C)CC5)CC[C@@]45C[C@@]35CC[C@]21C)C(C)(C)O. The Kier molecular flexibility index (Phi) is 9.13. The number of hydrogen-bond donors (Lipinski definition) is 3. The third kappa shape index (κ3) is 5.31. The maximum atomic E-state index is 13.1. The normalized spacial score (nSPS) is 48.3. The minimum Gasteiger partial charge on any atom is -0.446 e. The van der Waals surface area contributed by atoms with Crippen LogP contribution in [0.1, 0.15) is 107 Å². The number of rotatable bonds is 8. The third-order valence-corrected chi connectivity index (χ3v) is 16.7. The van der Waals surface area contributed by atoms with E-state index < -0.39 is 17.8 Å². The van der Waals surface area contributed by atoms with Crippen molar-refractivity contribution in [3.8, 4) is 0 Å². The van der Waals surface area contributed by atoms with Crippen molar-refractivity contribution < 1.29 is 29.2 Å². The maximum absolute atomic E-state index is 13.1. The fraction of sp³-hybridized carbons (Fsp3) is 0.975. The second kappa shape index (κ2) is 12.3. The number of ether oxygens (including phenoxy) is 3. The monoisotopic (exact) mass is 688 g/mol. The highest BCUT2D eigenvalue weighted by molar-refractivity contribution is 5.67. The van der Waals surface area contributed by atoms with Gasteiger partial charge < -0.3 is 34.6 Å². The van der Waals surface area contributed by atoms with Crippen molar-refractivity contribution in [3.63, 3.8) is 0 Å². The predicted molar refractivity (Wildman–Crippen MR) is 190 cm³/mol. The number of amides is 1. The van der Waals surface area contributed by atoms with Crippen LogP contribution in [0.25, 0.3) is 0 Å². The zero-order chi connectivity index (χ0) is 35.4.